The fourth-order valence-corrected chi connectivity index (χ4v) is 2.62. The molecule has 1 aromatic rings. The first-order valence-electron chi connectivity index (χ1n) is 7.35. The van der Waals surface area contributed by atoms with E-state index in [4.69, 9.17) is 0 Å². The fraction of sp³-hybridized carbons (Fsp3) is 0.562. The van der Waals surface area contributed by atoms with E-state index in [-0.39, 0.29) is 31.8 Å². The number of aliphatic hydroxyl groups is 1. The van der Waals surface area contributed by atoms with Gasteiger partial charge in [-0.2, -0.15) is 0 Å². The van der Waals surface area contributed by atoms with Crippen LogP contribution in [0.25, 0.3) is 0 Å². The van der Waals surface area contributed by atoms with Gasteiger partial charge in [0.05, 0.1) is 0 Å². The lowest BCUT2D eigenvalue weighted by Gasteiger charge is -2.37. The summed E-state index contributed by atoms with van der Waals surface area (Å²) in [6.07, 6.45) is -2.94. The summed E-state index contributed by atoms with van der Waals surface area (Å²) in [7, 11) is 3.94. The number of piperidine rings is 1. The highest BCUT2D eigenvalue weighted by Crippen LogP contribution is 2.29. The number of benzene rings is 1. The standard InChI is InChI=1S/C16H22F2N2O2/c1-19(2)11-12-3-5-13(6-4-12)14(21)20-9-7-16(22,8-10-20)15(17)18/h3-6,15,22H,7-11H2,1-2H3. The molecule has 0 atom stereocenters. The Morgan fingerprint density at radius 3 is 2.27 bits per heavy atom. The number of alkyl halides is 2. The molecule has 22 heavy (non-hydrogen) atoms. The third-order valence-electron chi connectivity index (χ3n) is 4.02. The smallest absolute Gasteiger partial charge is 0.266 e. The second-order valence-corrected chi connectivity index (χ2v) is 6.13. The lowest BCUT2D eigenvalue weighted by molar-refractivity contribution is -0.122. The lowest BCUT2D eigenvalue weighted by atomic mass is 9.91. The van der Waals surface area contributed by atoms with Crippen LogP contribution in [0.2, 0.25) is 0 Å². The Labute approximate surface area is 129 Å². The molecule has 122 valence electrons. The van der Waals surface area contributed by atoms with Crippen molar-refractivity contribution in [3.63, 3.8) is 0 Å². The predicted octanol–water partition coefficient (Wildman–Crippen LogP) is 1.98. The Kier molecular flexibility index (Phi) is 5.13. The monoisotopic (exact) mass is 312 g/mol. The Morgan fingerprint density at radius 2 is 1.82 bits per heavy atom. The molecule has 1 fully saturated rings. The summed E-state index contributed by atoms with van der Waals surface area (Å²) in [5, 5.41) is 9.75. The molecule has 1 N–H and O–H groups in total. The van der Waals surface area contributed by atoms with Crippen molar-refractivity contribution in [2.24, 2.45) is 0 Å². The van der Waals surface area contributed by atoms with E-state index in [0.29, 0.717) is 5.56 Å². The maximum Gasteiger partial charge on any atom is 0.266 e. The summed E-state index contributed by atoms with van der Waals surface area (Å²) in [5.41, 5.74) is -0.302. The zero-order valence-electron chi connectivity index (χ0n) is 12.9. The molecule has 0 aliphatic carbocycles. The molecule has 4 nitrogen and oxygen atoms in total. The molecular formula is C16H22F2N2O2. The minimum absolute atomic E-state index is 0.0882. The highest BCUT2D eigenvalue weighted by molar-refractivity contribution is 5.94. The van der Waals surface area contributed by atoms with E-state index in [2.05, 4.69) is 0 Å². The van der Waals surface area contributed by atoms with Crippen molar-refractivity contribution in [3.8, 4) is 0 Å². The highest BCUT2D eigenvalue weighted by atomic mass is 19.3. The zero-order chi connectivity index (χ0) is 16.3. The molecule has 0 bridgehead atoms. The van der Waals surface area contributed by atoms with Crippen LogP contribution in [0.5, 0.6) is 0 Å². The minimum atomic E-state index is -2.77. The maximum absolute atomic E-state index is 12.7. The quantitative estimate of drug-likeness (QED) is 0.924. The summed E-state index contributed by atoms with van der Waals surface area (Å²) in [4.78, 5) is 15.9. The molecule has 0 radical (unpaired) electrons. The molecule has 1 heterocycles. The Balaban J connectivity index is 1.98. The lowest BCUT2D eigenvalue weighted by Crippen LogP contribution is -2.50. The minimum Gasteiger partial charge on any atom is -0.384 e. The summed E-state index contributed by atoms with van der Waals surface area (Å²) < 4.78 is 25.5. The predicted molar refractivity (Wildman–Crippen MR) is 79.9 cm³/mol. The second kappa shape index (κ2) is 6.71. The first kappa shape index (κ1) is 16.8. The van der Waals surface area contributed by atoms with Crippen LogP contribution in [0.4, 0.5) is 8.78 Å². The zero-order valence-corrected chi connectivity index (χ0v) is 12.9. The number of hydrogen-bond acceptors (Lipinski definition) is 3. The largest absolute Gasteiger partial charge is 0.384 e. The van der Waals surface area contributed by atoms with E-state index < -0.39 is 12.0 Å². The van der Waals surface area contributed by atoms with Crippen molar-refractivity contribution >= 4 is 5.91 Å². The molecule has 0 unspecified atom stereocenters. The van der Waals surface area contributed by atoms with Gasteiger partial charge in [-0.15, -0.1) is 0 Å². The van der Waals surface area contributed by atoms with Crippen molar-refractivity contribution < 1.29 is 18.7 Å². The third-order valence-corrected chi connectivity index (χ3v) is 4.02. The van der Waals surface area contributed by atoms with Crippen LogP contribution in [0.3, 0.4) is 0 Å². The van der Waals surface area contributed by atoms with E-state index in [9.17, 15) is 18.7 Å². The van der Waals surface area contributed by atoms with Gasteiger partial charge in [0.15, 0.2) is 0 Å². The van der Waals surface area contributed by atoms with E-state index >= 15 is 0 Å². The van der Waals surface area contributed by atoms with Crippen molar-refractivity contribution in [3.05, 3.63) is 35.4 Å². The average Bonchev–Trinajstić information content (AvgIpc) is 2.47. The maximum atomic E-state index is 12.7. The summed E-state index contributed by atoms with van der Waals surface area (Å²) in [6.45, 7) is 1.10. The number of likely N-dealkylation sites (tertiary alicyclic amines) is 1. The van der Waals surface area contributed by atoms with Crippen LogP contribution >= 0.6 is 0 Å². The molecule has 6 heteroatoms. The van der Waals surface area contributed by atoms with Gasteiger partial charge in [0, 0.05) is 25.2 Å². The first-order valence-corrected chi connectivity index (χ1v) is 7.35. The highest BCUT2D eigenvalue weighted by Gasteiger charge is 2.41. The Bertz CT molecular complexity index is 509. The van der Waals surface area contributed by atoms with Crippen molar-refractivity contribution in [1.29, 1.82) is 0 Å². The van der Waals surface area contributed by atoms with Crippen LogP contribution in [0.15, 0.2) is 24.3 Å². The Morgan fingerprint density at radius 1 is 1.27 bits per heavy atom. The number of carbonyl (C=O) groups excluding carboxylic acids is 1. The Hall–Kier alpha value is -1.53. The number of hydrogen-bond donors (Lipinski definition) is 1. The average molecular weight is 312 g/mol. The van der Waals surface area contributed by atoms with Gasteiger partial charge in [0.25, 0.3) is 12.3 Å². The molecule has 1 aliphatic heterocycles. The number of rotatable bonds is 4. The van der Waals surface area contributed by atoms with Crippen LogP contribution in [-0.2, 0) is 6.54 Å². The van der Waals surface area contributed by atoms with Gasteiger partial charge in [-0.25, -0.2) is 8.78 Å². The number of nitrogens with zero attached hydrogens (tertiary/aromatic N) is 2. The van der Waals surface area contributed by atoms with Crippen molar-refractivity contribution in [2.45, 2.75) is 31.4 Å². The van der Waals surface area contributed by atoms with Crippen LogP contribution in [0, 0.1) is 0 Å². The van der Waals surface area contributed by atoms with Crippen LogP contribution in [0.1, 0.15) is 28.8 Å². The normalized spacial score (nSPS) is 18.0. The SMILES string of the molecule is CN(C)Cc1ccc(C(=O)N2CCC(O)(C(F)F)CC2)cc1. The first-order chi connectivity index (χ1) is 10.3. The van der Waals surface area contributed by atoms with Crippen LogP contribution in [-0.4, -0.2) is 60.0 Å². The summed E-state index contributed by atoms with van der Waals surface area (Å²) >= 11 is 0. The van der Waals surface area contributed by atoms with E-state index in [1.807, 2.05) is 31.1 Å². The van der Waals surface area contributed by atoms with E-state index in [1.165, 1.54) is 4.90 Å². The van der Waals surface area contributed by atoms with Gasteiger partial charge >= 0.3 is 0 Å². The molecule has 1 saturated heterocycles. The topological polar surface area (TPSA) is 43.8 Å². The molecule has 0 aromatic heterocycles. The van der Waals surface area contributed by atoms with Gasteiger partial charge in [0.2, 0.25) is 0 Å². The van der Waals surface area contributed by atoms with Crippen LogP contribution < -0.4 is 0 Å². The van der Waals surface area contributed by atoms with Crippen molar-refractivity contribution in [2.75, 3.05) is 27.2 Å². The molecule has 2 rings (SSSR count). The number of amides is 1. The summed E-state index contributed by atoms with van der Waals surface area (Å²) in [5.74, 6) is -0.173. The van der Waals surface area contributed by atoms with Gasteiger partial charge in [-0.1, -0.05) is 12.1 Å². The van der Waals surface area contributed by atoms with E-state index in [0.717, 1.165) is 12.1 Å². The summed E-state index contributed by atoms with van der Waals surface area (Å²) in [6, 6.07) is 7.31. The number of carbonyl (C=O) groups is 1. The third kappa shape index (κ3) is 3.81. The van der Waals surface area contributed by atoms with E-state index in [1.54, 1.807) is 12.1 Å². The second-order valence-electron chi connectivity index (χ2n) is 6.13. The molecule has 0 saturated carbocycles. The van der Waals surface area contributed by atoms with Crippen molar-refractivity contribution in [1.82, 2.24) is 9.80 Å². The number of halogens is 2. The molecular weight excluding hydrogens is 290 g/mol. The molecule has 0 spiro atoms. The van der Waals surface area contributed by atoms with Gasteiger partial charge in [0.1, 0.15) is 5.60 Å². The molecule has 1 aromatic carbocycles. The van der Waals surface area contributed by atoms with Gasteiger partial charge in [-0.05, 0) is 44.6 Å². The fourth-order valence-electron chi connectivity index (χ4n) is 2.62. The molecule has 1 amide bonds. The van der Waals surface area contributed by atoms with Gasteiger partial charge in [-0.3, -0.25) is 4.79 Å². The molecule has 1 aliphatic rings. The van der Waals surface area contributed by atoms with Gasteiger partial charge < -0.3 is 14.9 Å².